The quantitative estimate of drug-likeness (QED) is 0.161. The number of para-hydroxylation sites is 1. The maximum absolute atomic E-state index is 13.5. The third-order valence-corrected chi connectivity index (χ3v) is 6.72. The maximum Gasteiger partial charge on any atom is 0.269 e. The van der Waals surface area contributed by atoms with Gasteiger partial charge < -0.3 is 30.0 Å². The van der Waals surface area contributed by atoms with Crippen molar-refractivity contribution in [2.45, 2.75) is 12.5 Å². The van der Waals surface area contributed by atoms with Crippen LogP contribution in [0.2, 0.25) is 0 Å². The Morgan fingerprint density at radius 1 is 0.689 bits per heavy atom. The number of rotatable bonds is 11. The van der Waals surface area contributed by atoms with Crippen LogP contribution >= 0.6 is 0 Å². The Labute approximate surface area is 259 Å². The van der Waals surface area contributed by atoms with E-state index in [1.807, 2.05) is 0 Å². The lowest BCUT2D eigenvalue weighted by Crippen LogP contribution is -2.53. The highest BCUT2D eigenvalue weighted by Gasteiger charge is 2.25. The van der Waals surface area contributed by atoms with Gasteiger partial charge in [-0.05, 0) is 72.3 Å². The number of ether oxygens (including phenoxy) is 3. The average Bonchev–Trinajstić information content (AvgIpc) is 3.07. The zero-order valence-electron chi connectivity index (χ0n) is 24.7. The highest BCUT2D eigenvalue weighted by molar-refractivity contribution is 6.09. The molecule has 4 aromatic rings. The summed E-state index contributed by atoms with van der Waals surface area (Å²) < 4.78 is 15.5. The monoisotopic (exact) mass is 612 g/mol. The molecule has 12 heteroatoms. The van der Waals surface area contributed by atoms with E-state index in [2.05, 4.69) is 21.5 Å². The van der Waals surface area contributed by atoms with E-state index >= 15 is 0 Å². The number of hydrogen-bond donors (Lipinski definition) is 5. The van der Waals surface area contributed by atoms with E-state index < -0.39 is 29.7 Å². The number of hydrogen-bond acceptors (Lipinski definition) is 8. The molecule has 0 aromatic heterocycles. The van der Waals surface area contributed by atoms with Crippen molar-refractivity contribution in [1.82, 2.24) is 16.2 Å². The molecule has 0 saturated carbocycles. The van der Waals surface area contributed by atoms with E-state index in [4.69, 9.17) is 14.2 Å². The highest BCUT2D eigenvalue weighted by atomic mass is 16.5. The molecular weight excluding hydrogens is 580 g/mol. The Morgan fingerprint density at radius 2 is 1.36 bits per heavy atom. The minimum absolute atomic E-state index is 0.0183. The first kappa shape index (κ1) is 31.9. The van der Waals surface area contributed by atoms with Crippen molar-refractivity contribution in [1.29, 1.82) is 0 Å². The maximum atomic E-state index is 13.5. The van der Waals surface area contributed by atoms with Crippen molar-refractivity contribution in [3.05, 3.63) is 113 Å². The lowest BCUT2D eigenvalue weighted by Gasteiger charge is -2.20. The number of carbonyl (C=O) groups is 4. The fourth-order valence-corrected chi connectivity index (χ4v) is 4.30. The summed E-state index contributed by atoms with van der Waals surface area (Å²) in [7, 11) is 4.42. The van der Waals surface area contributed by atoms with Gasteiger partial charge in [0, 0.05) is 17.5 Å². The Balaban J connectivity index is 1.51. The topological polar surface area (TPSA) is 164 Å². The normalized spacial score (nSPS) is 11.0. The van der Waals surface area contributed by atoms with Crippen LogP contribution in [0.4, 0.5) is 5.69 Å². The number of benzene rings is 4. The third-order valence-electron chi connectivity index (χ3n) is 6.72. The van der Waals surface area contributed by atoms with Gasteiger partial charge in [0.1, 0.15) is 17.5 Å². The van der Waals surface area contributed by atoms with Gasteiger partial charge in [-0.25, -0.2) is 0 Å². The van der Waals surface area contributed by atoms with Gasteiger partial charge in [0.25, 0.3) is 23.6 Å². The van der Waals surface area contributed by atoms with E-state index in [0.29, 0.717) is 28.4 Å². The fraction of sp³-hybridized carbons (Fsp3) is 0.152. The van der Waals surface area contributed by atoms with E-state index in [-0.39, 0.29) is 29.0 Å². The van der Waals surface area contributed by atoms with Crippen molar-refractivity contribution in [2.75, 3.05) is 26.6 Å². The second-order valence-corrected chi connectivity index (χ2v) is 9.64. The molecule has 5 N–H and O–H groups in total. The van der Waals surface area contributed by atoms with Crippen molar-refractivity contribution in [3.63, 3.8) is 0 Å². The molecule has 0 aliphatic rings. The van der Waals surface area contributed by atoms with Crippen LogP contribution in [0, 0.1) is 0 Å². The SMILES string of the molecule is COc1ccc(C(=O)Nc2ccccc2C(=O)N[C@@H](Cc2ccc(O)cc2)C(=O)NNC(=O)c2ccc(OC)c(OC)c2)cc1. The van der Waals surface area contributed by atoms with Crippen LogP contribution < -0.4 is 35.7 Å². The average molecular weight is 613 g/mol. The molecule has 0 saturated heterocycles. The van der Waals surface area contributed by atoms with Crippen LogP contribution in [0.5, 0.6) is 23.0 Å². The van der Waals surface area contributed by atoms with Gasteiger partial charge in [0.05, 0.1) is 32.6 Å². The number of carbonyl (C=O) groups excluding carboxylic acids is 4. The highest BCUT2D eigenvalue weighted by Crippen LogP contribution is 2.27. The molecule has 4 rings (SSSR count). The first-order valence-electron chi connectivity index (χ1n) is 13.7. The molecule has 0 spiro atoms. The van der Waals surface area contributed by atoms with Gasteiger partial charge in [-0.15, -0.1) is 0 Å². The molecular formula is C33H32N4O8. The first-order valence-corrected chi connectivity index (χ1v) is 13.7. The third kappa shape index (κ3) is 8.29. The number of anilines is 1. The molecule has 0 unspecified atom stereocenters. The molecule has 232 valence electrons. The van der Waals surface area contributed by atoms with Gasteiger partial charge in [-0.1, -0.05) is 24.3 Å². The van der Waals surface area contributed by atoms with Crippen LogP contribution in [0.25, 0.3) is 0 Å². The van der Waals surface area contributed by atoms with E-state index in [1.54, 1.807) is 60.7 Å². The molecule has 12 nitrogen and oxygen atoms in total. The molecule has 45 heavy (non-hydrogen) atoms. The predicted molar refractivity (Wildman–Crippen MR) is 166 cm³/mol. The number of phenols is 1. The lowest BCUT2D eigenvalue weighted by molar-refractivity contribution is -0.123. The molecule has 1 atom stereocenters. The second kappa shape index (κ2) is 14.9. The lowest BCUT2D eigenvalue weighted by atomic mass is 10.0. The van der Waals surface area contributed by atoms with E-state index in [0.717, 1.165) is 0 Å². The van der Waals surface area contributed by atoms with Crippen LogP contribution in [-0.2, 0) is 11.2 Å². The van der Waals surface area contributed by atoms with Crippen molar-refractivity contribution >= 4 is 29.3 Å². The standard InChI is InChI=1S/C33H32N4O8/c1-43-24-15-10-21(11-16-24)30(39)34-26-7-5-4-6-25(26)32(41)35-27(18-20-8-13-23(38)14-9-20)33(42)37-36-31(40)22-12-17-28(44-2)29(19-22)45-3/h4-17,19,27,38H,18H2,1-3H3,(H,34,39)(H,35,41)(H,36,40)(H,37,42)/t27-/m0/s1. The summed E-state index contributed by atoms with van der Waals surface area (Å²) in [4.78, 5) is 52.5. The number of nitrogens with one attached hydrogen (secondary N) is 4. The Kier molecular flexibility index (Phi) is 10.6. The zero-order valence-corrected chi connectivity index (χ0v) is 24.7. The van der Waals surface area contributed by atoms with Crippen molar-refractivity contribution < 1.29 is 38.5 Å². The molecule has 4 amide bonds. The molecule has 0 fully saturated rings. The summed E-state index contributed by atoms with van der Waals surface area (Å²) >= 11 is 0. The van der Waals surface area contributed by atoms with Gasteiger partial charge in [-0.3, -0.25) is 30.0 Å². The summed E-state index contributed by atoms with van der Waals surface area (Å²) in [5.41, 5.74) is 6.20. The van der Waals surface area contributed by atoms with E-state index in [1.165, 1.54) is 51.7 Å². The molecule has 0 bridgehead atoms. The molecule has 4 aromatic carbocycles. The summed E-state index contributed by atoms with van der Waals surface area (Å²) in [5, 5.41) is 15.1. The van der Waals surface area contributed by atoms with Crippen LogP contribution in [0.1, 0.15) is 36.6 Å². The minimum atomic E-state index is -1.17. The van der Waals surface area contributed by atoms with Gasteiger partial charge in [0.2, 0.25) is 0 Å². The smallest absolute Gasteiger partial charge is 0.269 e. The summed E-state index contributed by atoms with van der Waals surface area (Å²) in [6.45, 7) is 0. The van der Waals surface area contributed by atoms with Crippen LogP contribution in [-0.4, -0.2) is 56.1 Å². The van der Waals surface area contributed by atoms with E-state index in [9.17, 15) is 24.3 Å². The summed E-state index contributed by atoms with van der Waals surface area (Å²) in [6, 6.07) is 22.3. The number of hydrazine groups is 1. The molecule has 0 radical (unpaired) electrons. The minimum Gasteiger partial charge on any atom is -0.508 e. The Hall–Kier alpha value is -6.04. The summed E-state index contributed by atoms with van der Waals surface area (Å²) in [5.74, 6) is -1.07. The Morgan fingerprint density at radius 3 is 2.02 bits per heavy atom. The van der Waals surface area contributed by atoms with Crippen LogP contribution in [0.3, 0.4) is 0 Å². The second-order valence-electron chi connectivity index (χ2n) is 9.64. The van der Waals surface area contributed by atoms with Crippen molar-refractivity contribution in [3.8, 4) is 23.0 Å². The summed E-state index contributed by atoms with van der Waals surface area (Å²) in [6.07, 6.45) is 0.0183. The van der Waals surface area contributed by atoms with Gasteiger partial charge >= 0.3 is 0 Å². The number of aromatic hydroxyl groups is 1. The van der Waals surface area contributed by atoms with Crippen LogP contribution in [0.15, 0.2) is 91.0 Å². The number of methoxy groups -OCH3 is 3. The van der Waals surface area contributed by atoms with Crippen molar-refractivity contribution in [2.24, 2.45) is 0 Å². The zero-order chi connectivity index (χ0) is 32.3. The number of amides is 4. The first-order chi connectivity index (χ1) is 21.7. The molecule has 0 aliphatic heterocycles. The predicted octanol–water partition coefficient (Wildman–Crippen LogP) is 3.47. The molecule has 0 heterocycles. The number of phenolic OH excluding ortho intramolecular Hbond substituents is 1. The fourth-order valence-electron chi connectivity index (χ4n) is 4.30. The molecule has 0 aliphatic carbocycles. The van der Waals surface area contributed by atoms with Gasteiger partial charge in [-0.2, -0.15) is 0 Å². The Bertz CT molecular complexity index is 1670. The van der Waals surface area contributed by atoms with Gasteiger partial charge in [0.15, 0.2) is 11.5 Å². The largest absolute Gasteiger partial charge is 0.508 e.